The fourth-order valence-corrected chi connectivity index (χ4v) is 2.28. The van der Waals surface area contributed by atoms with Crippen LogP contribution in [0.15, 0.2) is 0 Å². The van der Waals surface area contributed by atoms with Crippen LogP contribution in [0, 0.1) is 5.92 Å². The number of Topliss-reactive ketones (excluding diaryl/α,β-unsaturated/α-hetero) is 1. The summed E-state index contributed by atoms with van der Waals surface area (Å²) in [6.07, 6.45) is 2.41. The molecule has 1 fully saturated rings. The molecule has 0 amide bonds. The summed E-state index contributed by atoms with van der Waals surface area (Å²) in [5, 5.41) is 0. The lowest BCUT2D eigenvalue weighted by atomic mass is 9.93. The van der Waals surface area contributed by atoms with Crippen molar-refractivity contribution in [1.82, 2.24) is 4.90 Å². The number of likely N-dealkylation sites (tertiary alicyclic amines) is 1. The molecule has 0 radical (unpaired) electrons. The molecule has 1 aliphatic heterocycles. The largest absolute Gasteiger partial charge is 0.379 e. The van der Waals surface area contributed by atoms with Gasteiger partial charge in [0.1, 0.15) is 5.78 Å². The molecule has 3 atom stereocenters. The second-order valence-corrected chi connectivity index (χ2v) is 4.29. The zero-order valence-corrected chi connectivity index (χ0v) is 9.62. The number of hydrogen-bond donors (Lipinski definition) is 0. The van der Waals surface area contributed by atoms with Crippen LogP contribution in [0.5, 0.6) is 0 Å². The number of methoxy groups -OCH3 is 1. The Morgan fingerprint density at radius 3 is 2.57 bits per heavy atom. The number of carbonyl (C=O) groups is 1. The van der Waals surface area contributed by atoms with Crippen LogP contribution in [-0.4, -0.2) is 43.5 Å². The van der Waals surface area contributed by atoms with Gasteiger partial charge in [0.25, 0.3) is 0 Å². The number of carbonyl (C=O) groups excluding carboxylic acids is 1. The quantitative estimate of drug-likeness (QED) is 0.684. The smallest absolute Gasteiger partial charge is 0.135 e. The molecule has 82 valence electrons. The van der Waals surface area contributed by atoms with Gasteiger partial charge in [-0.2, -0.15) is 0 Å². The first-order valence-corrected chi connectivity index (χ1v) is 5.31. The maximum atomic E-state index is 11.3. The predicted octanol–water partition coefficient (Wildman–Crippen LogP) is 1.32. The minimum atomic E-state index is 0.00514. The minimum Gasteiger partial charge on any atom is -0.379 e. The molecule has 1 aliphatic rings. The number of rotatable bonds is 4. The zero-order valence-electron chi connectivity index (χ0n) is 9.62. The van der Waals surface area contributed by atoms with E-state index in [1.165, 1.54) is 6.42 Å². The van der Waals surface area contributed by atoms with Crippen LogP contribution in [0.4, 0.5) is 0 Å². The first-order chi connectivity index (χ1) is 6.57. The SMILES string of the molecule is CO[C@H](C(C)C(C)=O)[C@@H]1CCCN1C. The molecular formula is C11H21NO2. The van der Waals surface area contributed by atoms with E-state index in [4.69, 9.17) is 4.74 Å². The molecule has 0 bridgehead atoms. The molecule has 1 rings (SSSR count). The Labute approximate surface area is 86.4 Å². The summed E-state index contributed by atoms with van der Waals surface area (Å²) in [5.41, 5.74) is 0. The monoisotopic (exact) mass is 199 g/mol. The lowest BCUT2D eigenvalue weighted by molar-refractivity contribution is -0.126. The maximum Gasteiger partial charge on any atom is 0.135 e. The molecule has 0 spiro atoms. The normalized spacial score (nSPS) is 27.6. The standard InChI is InChI=1S/C11H21NO2/c1-8(9(2)13)11(14-4)10-6-5-7-12(10)3/h8,10-11H,5-7H2,1-4H3/t8?,10-,11+/m0/s1. The van der Waals surface area contributed by atoms with Crippen LogP contribution in [-0.2, 0) is 9.53 Å². The first-order valence-electron chi connectivity index (χ1n) is 5.31. The van der Waals surface area contributed by atoms with E-state index in [0.29, 0.717) is 6.04 Å². The summed E-state index contributed by atoms with van der Waals surface area (Å²) >= 11 is 0. The summed E-state index contributed by atoms with van der Waals surface area (Å²) in [6, 6.07) is 0.416. The predicted molar refractivity (Wildman–Crippen MR) is 56.3 cm³/mol. The highest BCUT2D eigenvalue weighted by Crippen LogP contribution is 2.24. The van der Waals surface area contributed by atoms with Gasteiger partial charge < -0.3 is 9.64 Å². The minimum absolute atomic E-state index is 0.00514. The van der Waals surface area contributed by atoms with Crippen molar-refractivity contribution in [2.24, 2.45) is 5.92 Å². The zero-order chi connectivity index (χ0) is 10.7. The van der Waals surface area contributed by atoms with Gasteiger partial charge in [0.05, 0.1) is 6.10 Å². The van der Waals surface area contributed by atoms with E-state index >= 15 is 0 Å². The number of nitrogens with zero attached hydrogens (tertiary/aromatic N) is 1. The van der Waals surface area contributed by atoms with Crippen molar-refractivity contribution in [2.75, 3.05) is 20.7 Å². The molecule has 0 N–H and O–H groups in total. The Balaban J connectivity index is 2.65. The second-order valence-electron chi connectivity index (χ2n) is 4.29. The van der Waals surface area contributed by atoms with Gasteiger partial charge in [0.15, 0.2) is 0 Å². The number of likely N-dealkylation sites (N-methyl/N-ethyl adjacent to an activating group) is 1. The van der Waals surface area contributed by atoms with Crippen molar-refractivity contribution in [1.29, 1.82) is 0 Å². The van der Waals surface area contributed by atoms with Gasteiger partial charge in [-0.25, -0.2) is 0 Å². The van der Waals surface area contributed by atoms with Crippen LogP contribution in [0.2, 0.25) is 0 Å². The summed E-state index contributed by atoms with van der Waals surface area (Å²) in [4.78, 5) is 13.6. The molecule has 0 aliphatic carbocycles. The molecule has 0 aromatic rings. The average Bonchev–Trinajstić information content (AvgIpc) is 2.53. The van der Waals surface area contributed by atoms with Crippen molar-refractivity contribution in [3.8, 4) is 0 Å². The van der Waals surface area contributed by atoms with Gasteiger partial charge in [-0.3, -0.25) is 4.79 Å². The molecule has 1 unspecified atom stereocenters. The van der Waals surface area contributed by atoms with Crippen LogP contribution in [0.1, 0.15) is 26.7 Å². The van der Waals surface area contributed by atoms with Crippen molar-refractivity contribution < 1.29 is 9.53 Å². The number of hydrogen-bond acceptors (Lipinski definition) is 3. The molecular weight excluding hydrogens is 178 g/mol. The lowest BCUT2D eigenvalue weighted by Crippen LogP contribution is -2.43. The van der Waals surface area contributed by atoms with Gasteiger partial charge in [-0.1, -0.05) is 6.92 Å². The topological polar surface area (TPSA) is 29.5 Å². The molecule has 1 saturated heterocycles. The highest BCUT2D eigenvalue weighted by Gasteiger charge is 2.34. The van der Waals surface area contributed by atoms with Crippen LogP contribution >= 0.6 is 0 Å². The summed E-state index contributed by atoms with van der Waals surface area (Å²) in [5.74, 6) is 0.225. The van der Waals surface area contributed by atoms with Gasteiger partial charge in [-0.15, -0.1) is 0 Å². The molecule has 0 saturated carbocycles. The van der Waals surface area contributed by atoms with E-state index in [0.717, 1.165) is 13.0 Å². The second kappa shape index (κ2) is 4.89. The van der Waals surface area contributed by atoms with E-state index in [2.05, 4.69) is 11.9 Å². The third-order valence-corrected chi connectivity index (χ3v) is 3.36. The first kappa shape index (κ1) is 11.7. The van der Waals surface area contributed by atoms with E-state index < -0.39 is 0 Å². The van der Waals surface area contributed by atoms with E-state index in [1.807, 2.05) is 6.92 Å². The molecule has 14 heavy (non-hydrogen) atoms. The van der Waals surface area contributed by atoms with E-state index in [-0.39, 0.29) is 17.8 Å². The molecule has 3 heteroatoms. The maximum absolute atomic E-state index is 11.3. The Morgan fingerprint density at radius 1 is 1.57 bits per heavy atom. The summed E-state index contributed by atoms with van der Waals surface area (Å²) in [6.45, 7) is 4.73. The van der Waals surface area contributed by atoms with E-state index in [9.17, 15) is 4.79 Å². The van der Waals surface area contributed by atoms with Gasteiger partial charge in [-0.05, 0) is 33.4 Å². The average molecular weight is 199 g/mol. The van der Waals surface area contributed by atoms with Crippen LogP contribution in [0.3, 0.4) is 0 Å². The Kier molecular flexibility index (Phi) is 4.08. The van der Waals surface area contributed by atoms with Gasteiger partial charge in [0, 0.05) is 19.1 Å². The Morgan fingerprint density at radius 2 is 2.21 bits per heavy atom. The highest BCUT2D eigenvalue weighted by molar-refractivity contribution is 5.78. The van der Waals surface area contributed by atoms with Crippen molar-refractivity contribution in [2.45, 2.75) is 38.8 Å². The van der Waals surface area contributed by atoms with Gasteiger partial charge >= 0.3 is 0 Å². The Bertz CT molecular complexity index is 205. The van der Waals surface area contributed by atoms with Crippen molar-refractivity contribution in [3.63, 3.8) is 0 Å². The Hall–Kier alpha value is -0.410. The van der Waals surface area contributed by atoms with Gasteiger partial charge in [0.2, 0.25) is 0 Å². The van der Waals surface area contributed by atoms with E-state index in [1.54, 1.807) is 14.0 Å². The number of ketones is 1. The number of ether oxygens (including phenoxy) is 1. The summed E-state index contributed by atoms with van der Waals surface area (Å²) in [7, 11) is 3.81. The lowest BCUT2D eigenvalue weighted by Gasteiger charge is -2.31. The molecule has 0 aromatic heterocycles. The molecule has 1 heterocycles. The molecule has 3 nitrogen and oxygen atoms in total. The third-order valence-electron chi connectivity index (χ3n) is 3.36. The summed E-state index contributed by atoms with van der Waals surface area (Å²) < 4.78 is 5.47. The fourth-order valence-electron chi connectivity index (χ4n) is 2.28. The highest BCUT2D eigenvalue weighted by atomic mass is 16.5. The fraction of sp³-hybridized carbons (Fsp3) is 0.909. The van der Waals surface area contributed by atoms with Crippen LogP contribution in [0.25, 0.3) is 0 Å². The van der Waals surface area contributed by atoms with Crippen molar-refractivity contribution >= 4 is 5.78 Å². The van der Waals surface area contributed by atoms with Crippen LogP contribution < -0.4 is 0 Å². The van der Waals surface area contributed by atoms with Crippen molar-refractivity contribution in [3.05, 3.63) is 0 Å². The third kappa shape index (κ3) is 2.34. The molecule has 0 aromatic carbocycles.